The topological polar surface area (TPSA) is 37.4 Å². The zero-order valence-corrected chi connectivity index (χ0v) is 11.2. The molecule has 0 aliphatic carbocycles. The van der Waals surface area contributed by atoms with Gasteiger partial charge in [-0.05, 0) is 36.6 Å². The Kier molecular flexibility index (Phi) is 4.02. The van der Waals surface area contributed by atoms with Crippen molar-refractivity contribution in [3.63, 3.8) is 0 Å². The van der Waals surface area contributed by atoms with Gasteiger partial charge in [-0.1, -0.05) is 6.92 Å². The molecule has 0 unspecified atom stereocenters. The Bertz CT molecular complexity index is 485. The molecule has 18 heavy (non-hydrogen) atoms. The predicted molar refractivity (Wildman–Crippen MR) is 72.5 cm³/mol. The van der Waals surface area contributed by atoms with Crippen molar-refractivity contribution < 1.29 is 9.59 Å². The lowest BCUT2D eigenvalue weighted by molar-refractivity contribution is -0.116. The summed E-state index contributed by atoms with van der Waals surface area (Å²) in [5.74, 6) is 0.0560. The van der Waals surface area contributed by atoms with E-state index in [1.165, 1.54) is 0 Å². The third-order valence-corrected chi connectivity index (χ3v) is 3.49. The molecule has 1 aromatic rings. The van der Waals surface area contributed by atoms with Gasteiger partial charge < -0.3 is 4.90 Å². The smallest absolute Gasteiger partial charge is 0.241 e. The van der Waals surface area contributed by atoms with E-state index in [1.54, 1.807) is 11.0 Å². The number of nitrogens with zero attached hydrogens (tertiary/aromatic N) is 1. The van der Waals surface area contributed by atoms with Gasteiger partial charge in [-0.3, -0.25) is 9.59 Å². The van der Waals surface area contributed by atoms with Crippen LogP contribution in [-0.2, 0) is 11.2 Å². The first kappa shape index (κ1) is 13.1. The van der Waals surface area contributed by atoms with E-state index in [9.17, 15) is 9.59 Å². The van der Waals surface area contributed by atoms with Gasteiger partial charge in [0.2, 0.25) is 5.91 Å². The highest BCUT2D eigenvalue weighted by atomic mass is 35.5. The summed E-state index contributed by atoms with van der Waals surface area (Å²) < 4.78 is 0. The Labute approximate surface area is 112 Å². The number of fused-ring (bicyclic) bond motifs is 1. The summed E-state index contributed by atoms with van der Waals surface area (Å²) >= 11 is 5.61. The number of alkyl halides is 1. The largest absolute Gasteiger partial charge is 0.311 e. The van der Waals surface area contributed by atoms with Crippen molar-refractivity contribution in [3.05, 3.63) is 29.3 Å². The van der Waals surface area contributed by atoms with Gasteiger partial charge in [-0.25, -0.2) is 0 Å². The van der Waals surface area contributed by atoms with Gasteiger partial charge in [0.1, 0.15) is 5.88 Å². The van der Waals surface area contributed by atoms with Gasteiger partial charge in [0.05, 0.1) is 0 Å². The summed E-state index contributed by atoms with van der Waals surface area (Å²) in [7, 11) is 0. The van der Waals surface area contributed by atoms with Crippen molar-refractivity contribution in [2.45, 2.75) is 26.2 Å². The SMILES string of the molecule is CCC(=O)c1ccc2c(c1)CCCN2C(=O)CCl. The number of anilines is 1. The molecule has 0 N–H and O–H groups in total. The number of amides is 1. The van der Waals surface area contributed by atoms with Crippen LogP contribution < -0.4 is 4.90 Å². The fourth-order valence-electron chi connectivity index (χ4n) is 2.31. The molecule has 0 fully saturated rings. The molecule has 0 aromatic heterocycles. The lowest BCUT2D eigenvalue weighted by Crippen LogP contribution is -2.36. The number of benzene rings is 1. The highest BCUT2D eigenvalue weighted by Gasteiger charge is 2.22. The number of Topliss-reactive ketones (excluding diaryl/α,β-unsaturated/α-hetero) is 1. The highest BCUT2D eigenvalue weighted by Crippen LogP contribution is 2.28. The molecule has 0 saturated carbocycles. The first-order valence-electron chi connectivity index (χ1n) is 6.19. The summed E-state index contributed by atoms with van der Waals surface area (Å²) in [5.41, 5.74) is 2.70. The molecule has 0 atom stereocenters. The summed E-state index contributed by atoms with van der Waals surface area (Å²) in [6.45, 7) is 2.56. The van der Waals surface area contributed by atoms with Gasteiger partial charge >= 0.3 is 0 Å². The minimum absolute atomic E-state index is 0.00488. The molecule has 0 spiro atoms. The summed E-state index contributed by atoms with van der Waals surface area (Å²) in [6.07, 6.45) is 2.33. The van der Waals surface area contributed by atoms with E-state index in [1.807, 2.05) is 19.1 Å². The maximum Gasteiger partial charge on any atom is 0.241 e. The second kappa shape index (κ2) is 5.53. The van der Waals surface area contributed by atoms with Gasteiger partial charge in [0.15, 0.2) is 5.78 Å². The summed E-state index contributed by atoms with van der Waals surface area (Å²) in [4.78, 5) is 25.1. The average molecular weight is 266 g/mol. The molecule has 96 valence electrons. The molecule has 3 nitrogen and oxygen atoms in total. The molecular formula is C14H16ClNO2. The van der Waals surface area contributed by atoms with Crippen molar-refractivity contribution in [2.75, 3.05) is 17.3 Å². The van der Waals surface area contributed by atoms with Crippen LogP contribution in [0.5, 0.6) is 0 Å². The van der Waals surface area contributed by atoms with E-state index in [0.717, 1.165) is 29.7 Å². The van der Waals surface area contributed by atoms with E-state index in [-0.39, 0.29) is 17.6 Å². The molecule has 0 saturated heterocycles. The van der Waals surface area contributed by atoms with Crippen molar-refractivity contribution >= 4 is 29.0 Å². The van der Waals surface area contributed by atoms with Crippen molar-refractivity contribution in [3.8, 4) is 0 Å². The molecule has 0 radical (unpaired) electrons. The molecule has 2 rings (SSSR count). The molecule has 1 heterocycles. The monoisotopic (exact) mass is 265 g/mol. The first-order chi connectivity index (χ1) is 8.67. The van der Waals surface area contributed by atoms with E-state index in [2.05, 4.69) is 0 Å². The lowest BCUT2D eigenvalue weighted by atomic mass is 9.97. The molecular weight excluding hydrogens is 250 g/mol. The number of ketones is 1. The number of halogens is 1. The van der Waals surface area contributed by atoms with Crippen molar-refractivity contribution in [1.29, 1.82) is 0 Å². The van der Waals surface area contributed by atoms with Gasteiger partial charge in [-0.2, -0.15) is 0 Å². The van der Waals surface area contributed by atoms with Crippen LogP contribution in [0.4, 0.5) is 5.69 Å². The maximum absolute atomic E-state index is 11.7. The molecule has 1 amide bonds. The third-order valence-electron chi connectivity index (χ3n) is 3.26. The minimum Gasteiger partial charge on any atom is -0.311 e. The van der Waals surface area contributed by atoms with E-state index < -0.39 is 0 Å². The molecule has 1 aliphatic rings. The average Bonchev–Trinajstić information content (AvgIpc) is 2.44. The van der Waals surface area contributed by atoms with Crippen LogP contribution in [0.3, 0.4) is 0 Å². The quantitative estimate of drug-likeness (QED) is 0.623. The van der Waals surface area contributed by atoms with Gasteiger partial charge in [0.25, 0.3) is 0 Å². The van der Waals surface area contributed by atoms with Crippen molar-refractivity contribution in [1.82, 2.24) is 0 Å². The fourth-order valence-corrected chi connectivity index (χ4v) is 2.45. The number of hydrogen-bond donors (Lipinski definition) is 0. The molecule has 4 heteroatoms. The second-order valence-electron chi connectivity index (χ2n) is 4.40. The number of hydrogen-bond acceptors (Lipinski definition) is 2. The zero-order valence-electron chi connectivity index (χ0n) is 10.4. The van der Waals surface area contributed by atoms with Crippen LogP contribution in [0.1, 0.15) is 35.7 Å². The minimum atomic E-state index is -0.0767. The number of carbonyl (C=O) groups excluding carboxylic acids is 2. The van der Waals surface area contributed by atoms with Crippen LogP contribution in [0, 0.1) is 0 Å². The van der Waals surface area contributed by atoms with Crippen LogP contribution >= 0.6 is 11.6 Å². The van der Waals surface area contributed by atoms with E-state index in [0.29, 0.717) is 13.0 Å². The van der Waals surface area contributed by atoms with Crippen LogP contribution in [0.2, 0.25) is 0 Å². The predicted octanol–water partition coefficient (Wildman–Crippen LogP) is 2.80. The van der Waals surface area contributed by atoms with Crippen LogP contribution in [0.25, 0.3) is 0 Å². The lowest BCUT2D eigenvalue weighted by Gasteiger charge is -2.29. The first-order valence-corrected chi connectivity index (χ1v) is 6.73. The van der Waals surface area contributed by atoms with E-state index >= 15 is 0 Å². The molecule has 1 aliphatic heterocycles. The Morgan fingerprint density at radius 2 is 2.17 bits per heavy atom. The Morgan fingerprint density at radius 3 is 2.83 bits per heavy atom. The third kappa shape index (κ3) is 2.41. The standard InChI is InChI=1S/C14H16ClNO2/c1-2-13(17)11-5-6-12-10(8-11)4-3-7-16(12)14(18)9-15/h5-6,8H,2-4,7,9H2,1H3. The van der Waals surface area contributed by atoms with E-state index in [4.69, 9.17) is 11.6 Å². The number of carbonyl (C=O) groups is 2. The number of rotatable bonds is 3. The summed E-state index contributed by atoms with van der Waals surface area (Å²) in [6, 6.07) is 5.57. The number of aryl methyl sites for hydroxylation is 1. The molecule has 0 bridgehead atoms. The second-order valence-corrected chi connectivity index (χ2v) is 4.67. The summed E-state index contributed by atoms with van der Waals surface area (Å²) in [5, 5.41) is 0. The van der Waals surface area contributed by atoms with Crippen LogP contribution in [-0.4, -0.2) is 24.1 Å². The van der Waals surface area contributed by atoms with Gasteiger partial charge in [0, 0.05) is 24.2 Å². The van der Waals surface area contributed by atoms with Gasteiger partial charge in [-0.15, -0.1) is 11.6 Å². The Hall–Kier alpha value is -1.35. The normalized spacial score (nSPS) is 14.2. The van der Waals surface area contributed by atoms with Crippen molar-refractivity contribution in [2.24, 2.45) is 0 Å². The highest BCUT2D eigenvalue weighted by molar-refractivity contribution is 6.29. The zero-order chi connectivity index (χ0) is 13.1. The molecule has 1 aromatic carbocycles. The van der Waals surface area contributed by atoms with Crippen LogP contribution in [0.15, 0.2) is 18.2 Å². The fraction of sp³-hybridized carbons (Fsp3) is 0.429. The Balaban J connectivity index is 2.36. The Morgan fingerprint density at radius 1 is 1.39 bits per heavy atom. The maximum atomic E-state index is 11.7.